The van der Waals surface area contributed by atoms with E-state index in [0.29, 0.717) is 10.8 Å². The van der Waals surface area contributed by atoms with E-state index >= 15 is 0 Å². The normalized spacial score (nSPS) is 11.9. The molecule has 3 aromatic rings. The number of hydrogen-bond acceptors (Lipinski definition) is 2. The average Bonchev–Trinajstić information content (AvgIpc) is 2.87. The second kappa shape index (κ2) is 4.94. The molecule has 98 valence electrons. The van der Waals surface area contributed by atoms with Crippen molar-refractivity contribution >= 4 is 29.9 Å². The van der Waals surface area contributed by atoms with Gasteiger partial charge in [-0.3, -0.25) is 0 Å². The number of halogens is 1. The Morgan fingerprint density at radius 1 is 1.30 bits per heavy atom. The van der Waals surface area contributed by atoms with Gasteiger partial charge in [-0.15, -0.1) is 0 Å². The topological polar surface area (TPSA) is 30.2 Å². The van der Waals surface area contributed by atoms with Crippen LogP contribution in [0.5, 0.6) is 0 Å². The van der Waals surface area contributed by atoms with E-state index in [0.717, 1.165) is 21.7 Å². The molecule has 1 aromatic carbocycles. The van der Waals surface area contributed by atoms with E-state index in [2.05, 4.69) is 23.1 Å². The van der Waals surface area contributed by atoms with E-state index in [1.165, 1.54) is 0 Å². The average molecular weight is 282 g/mol. The summed E-state index contributed by atoms with van der Waals surface area (Å²) in [7, 11) is 0. The Kier molecular flexibility index (Phi) is 3.12. The van der Waals surface area contributed by atoms with Gasteiger partial charge in [0.1, 0.15) is 0 Å². The lowest BCUT2D eigenvalue weighted by molar-refractivity contribution is 1.13. The zero-order chi connectivity index (χ0) is 14.1. The van der Waals surface area contributed by atoms with Crippen LogP contribution in [0.1, 0.15) is 0 Å². The van der Waals surface area contributed by atoms with Crippen LogP contribution >= 0.6 is 11.6 Å². The smallest absolute Gasteiger partial charge is 0.175 e. The quantitative estimate of drug-likeness (QED) is 0.722. The van der Waals surface area contributed by atoms with Crippen LogP contribution in [0, 0.1) is 0 Å². The summed E-state index contributed by atoms with van der Waals surface area (Å²) in [4.78, 5) is 8.53. The number of fused-ring (bicyclic) bond motifs is 1. The number of hydrogen-bond donors (Lipinski definition) is 0. The molecular weight excluding hydrogens is 270 g/mol. The summed E-state index contributed by atoms with van der Waals surface area (Å²) in [6.45, 7) is 7.74. The van der Waals surface area contributed by atoms with Crippen LogP contribution in [-0.2, 0) is 0 Å². The first-order valence-electron chi connectivity index (χ1n) is 6.10. The molecule has 0 fully saturated rings. The highest BCUT2D eigenvalue weighted by Crippen LogP contribution is 2.20. The molecule has 0 radical (unpaired) electrons. The van der Waals surface area contributed by atoms with Crippen molar-refractivity contribution < 1.29 is 0 Å². The molecule has 0 amide bonds. The molecule has 0 unspecified atom stereocenters. The molecule has 2 aromatic heterocycles. The van der Waals surface area contributed by atoms with Crippen molar-refractivity contribution in [1.82, 2.24) is 14.4 Å². The number of rotatable bonds is 2. The fourth-order valence-corrected chi connectivity index (χ4v) is 2.28. The molecule has 4 heteroatoms. The molecule has 0 bridgehead atoms. The summed E-state index contributed by atoms with van der Waals surface area (Å²) in [5, 5.41) is 2.38. The number of imidazole rings is 1. The van der Waals surface area contributed by atoms with Crippen molar-refractivity contribution in [2.24, 2.45) is 0 Å². The molecule has 0 saturated carbocycles. The molecule has 0 aliphatic rings. The Hall–Kier alpha value is -2.39. The molecule has 2 heterocycles. The van der Waals surface area contributed by atoms with Gasteiger partial charge in [-0.1, -0.05) is 49.0 Å². The molecule has 0 aliphatic carbocycles. The van der Waals surface area contributed by atoms with Gasteiger partial charge in [-0.2, -0.15) is 0 Å². The zero-order valence-electron chi connectivity index (χ0n) is 10.8. The lowest BCUT2D eigenvalue weighted by Gasteiger charge is -1.96. The summed E-state index contributed by atoms with van der Waals surface area (Å²) in [5.41, 5.74) is 2.49. The lowest BCUT2D eigenvalue weighted by Crippen LogP contribution is -2.22. The van der Waals surface area contributed by atoms with E-state index in [1.807, 2.05) is 41.1 Å². The monoisotopic (exact) mass is 281 g/mol. The SMILES string of the molecule is C=C/C=c1/ccc(-c2cn3ccnc(Cl)c3n2)cc1=C. The van der Waals surface area contributed by atoms with Crippen molar-refractivity contribution in [2.75, 3.05) is 0 Å². The highest BCUT2D eigenvalue weighted by Gasteiger charge is 2.07. The molecule has 20 heavy (non-hydrogen) atoms. The third-order valence-electron chi connectivity index (χ3n) is 3.07. The lowest BCUT2D eigenvalue weighted by atomic mass is 10.1. The fraction of sp³-hybridized carbons (Fsp3) is 0. The van der Waals surface area contributed by atoms with Gasteiger partial charge in [0.15, 0.2) is 10.8 Å². The summed E-state index contributed by atoms with van der Waals surface area (Å²) in [6.07, 6.45) is 9.07. The predicted octanol–water partition coefficient (Wildman–Crippen LogP) is 2.43. The molecule has 0 aliphatic heterocycles. The minimum atomic E-state index is 0.394. The van der Waals surface area contributed by atoms with Crippen molar-refractivity contribution in [1.29, 1.82) is 0 Å². The molecule has 0 N–H and O–H groups in total. The Morgan fingerprint density at radius 2 is 2.15 bits per heavy atom. The molecule has 3 nitrogen and oxygen atoms in total. The standard InChI is InChI=1S/C16H12ClN3/c1-3-4-12-5-6-13(9-11(12)2)14-10-20-8-7-18-15(17)16(20)19-14/h3-10H,1-2H2/b12-4-. The van der Waals surface area contributed by atoms with Crippen molar-refractivity contribution in [3.8, 4) is 11.3 Å². The summed E-state index contributed by atoms with van der Waals surface area (Å²) in [5.74, 6) is 0. The molecular formula is C16H12ClN3. The first kappa shape index (κ1) is 12.6. The highest BCUT2D eigenvalue weighted by atomic mass is 35.5. The Balaban J connectivity index is 2.19. The first-order valence-corrected chi connectivity index (χ1v) is 6.48. The maximum absolute atomic E-state index is 6.03. The van der Waals surface area contributed by atoms with Gasteiger partial charge in [0.2, 0.25) is 0 Å². The largest absolute Gasteiger partial charge is 0.302 e. The second-order valence-electron chi connectivity index (χ2n) is 4.39. The number of aromatic nitrogens is 3. The van der Waals surface area contributed by atoms with E-state index in [4.69, 9.17) is 11.6 Å². The Morgan fingerprint density at radius 3 is 2.85 bits per heavy atom. The Labute approximate surface area is 121 Å². The van der Waals surface area contributed by atoms with Gasteiger partial charge in [0, 0.05) is 24.2 Å². The van der Waals surface area contributed by atoms with Crippen LogP contribution in [-0.4, -0.2) is 14.4 Å². The third kappa shape index (κ3) is 2.12. The van der Waals surface area contributed by atoms with Crippen molar-refractivity contribution in [3.05, 3.63) is 65.0 Å². The molecule has 0 spiro atoms. The van der Waals surface area contributed by atoms with Crippen LogP contribution in [0.2, 0.25) is 5.15 Å². The van der Waals surface area contributed by atoms with Gasteiger partial charge in [-0.05, 0) is 16.5 Å². The maximum atomic E-state index is 6.03. The summed E-state index contributed by atoms with van der Waals surface area (Å²) in [6, 6.07) is 6.01. The van der Waals surface area contributed by atoms with E-state index in [1.54, 1.807) is 12.3 Å². The number of allylic oxidation sites excluding steroid dienone is 1. The number of nitrogens with zero attached hydrogens (tertiary/aromatic N) is 3. The summed E-state index contributed by atoms with van der Waals surface area (Å²) >= 11 is 6.03. The van der Waals surface area contributed by atoms with Gasteiger partial charge < -0.3 is 4.40 Å². The van der Waals surface area contributed by atoms with Crippen LogP contribution in [0.3, 0.4) is 0 Å². The van der Waals surface area contributed by atoms with E-state index in [-0.39, 0.29) is 0 Å². The highest BCUT2D eigenvalue weighted by molar-refractivity contribution is 6.32. The van der Waals surface area contributed by atoms with E-state index < -0.39 is 0 Å². The van der Waals surface area contributed by atoms with Gasteiger partial charge in [0.05, 0.1) is 5.69 Å². The van der Waals surface area contributed by atoms with Crippen molar-refractivity contribution in [2.45, 2.75) is 0 Å². The van der Waals surface area contributed by atoms with Crippen LogP contribution < -0.4 is 10.4 Å². The number of benzene rings is 1. The maximum Gasteiger partial charge on any atom is 0.175 e. The first-order chi connectivity index (χ1) is 9.69. The van der Waals surface area contributed by atoms with Crippen LogP contribution in [0.25, 0.3) is 29.6 Å². The predicted molar refractivity (Wildman–Crippen MR) is 82.9 cm³/mol. The molecule has 3 rings (SSSR count). The molecule has 0 atom stereocenters. The third-order valence-corrected chi connectivity index (χ3v) is 3.33. The van der Waals surface area contributed by atoms with Crippen LogP contribution in [0.4, 0.5) is 0 Å². The van der Waals surface area contributed by atoms with Crippen LogP contribution in [0.15, 0.2) is 49.4 Å². The van der Waals surface area contributed by atoms with Gasteiger partial charge in [0.25, 0.3) is 0 Å². The van der Waals surface area contributed by atoms with Gasteiger partial charge >= 0.3 is 0 Å². The second-order valence-corrected chi connectivity index (χ2v) is 4.75. The zero-order valence-corrected chi connectivity index (χ0v) is 11.5. The fourth-order valence-electron chi connectivity index (χ4n) is 2.08. The van der Waals surface area contributed by atoms with Crippen molar-refractivity contribution in [3.63, 3.8) is 0 Å². The summed E-state index contributed by atoms with van der Waals surface area (Å²) < 4.78 is 1.86. The Bertz CT molecular complexity index is 909. The minimum Gasteiger partial charge on any atom is -0.302 e. The van der Waals surface area contributed by atoms with Gasteiger partial charge in [-0.25, -0.2) is 9.97 Å². The van der Waals surface area contributed by atoms with E-state index in [9.17, 15) is 0 Å². The molecule has 0 saturated heterocycles. The minimum absolute atomic E-state index is 0.394.